The van der Waals surface area contributed by atoms with Gasteiger partial charge in [-0.25, -0.2) is 4.98 Å². The molecule has 7 heteroatoms. The van der Waals surface area contributed by atoms with Gasteiger partial charge in [0.1, 0.15) is 17.5 Å². The summed E-state index contributed by atoms with van der Waals surface area (Å²) in [5.74, 6) is 0.650. The van der Waals surface area contributed by atoms with Gasteiger partial charge in [-0.3, -0.25) is 9.36 Å². The second-order valence-corrected chi connectivity index (χ2v) is 7.00. The lowest BCUT2D eigenvalue weighted by Gasteiger charge is -2.15. The topological polar surface area (TPSA) is 58.7 Å². The van der Waals surface area contributed by atoms with Crippen molar-refractivity contribution in [2.45, 2.75) is 10.6 Å². The van der Waals surface area contributed by atoms with Gasteiger partial charge in [0.2, 0.25) is 0 Å². The number of nitrogens with zero attached hydrogens (tertiary/aromatic N) is 3. The Morgan fingerprint density at radius 3 is 2.38 bits per heavy atom. The first kappa shape index (κ1) is 18.6. The van der Waals surface area contributed by atoms with Crippen LogP contribution in [0.15, 0.2) is 58.2 Å². The molecule has 0 unspecified atom stereocenters. The molecule has 0 atom stereocenters. The van der Waals surface area contributed by atoms with Crippen LogP contribution in [0.4, 0.5) is 0 Å². The van der Waals surface area contributed by atoms with Crippen LogP contribution in [0.1, 0.15) is 11.3 Å². The highest BCUT2D eigenvalue weighted by molar-refractivity contribution is 7.98. The first-order valence-corrected chi connectivity index (χ1v) is 9.89. The molecule has 1 heterocycles. The maximum absolute atomic E-state index is 13.0. The minimum absolute atomic E-state index is 0.00616. The molecule has 0 amide bonds. The van der Waals surface area contributed by atoms with E-state index in [1.165, 1.54) is 4.57 Å². The SMILES string of the molecule is CSc1ccc(-n2c(-c3ccc(Cl)cc3)nc(CS)c(C#N)c2=O)cc1. The Bertz CT molecular complexity index is 1040. The Balaban J connectivity index is 2.34. The fraction of sp³-hybridized carbons (Fsp3) is 0.105. The van der Waals surface area contributed by atoms with Crippen molar-refractivity contribution in [1.82, 2.24) is 9.55 Å². The van der Waals surface area contributed by atoms with Crippen LogP contribution in [0.2, 0.25) is 5.02 Å². The number of aromatic nitrogens is 2. The van der Waals surface area contributed by atoms with Crippen molar-refractivity contribution >= 4 is 36.0 Å². The lowest BCUT2D eigenvalue weighted by molar-refractivity contribution is 0.915. The largest absolute Gasteiger partial charge is 0.276 e. The molecule has 3 aromatic rings. The van der Waals surface area contributed by atoms with Crippen molar-refractivity contribution < 1.29 is 0 Å². The van der Waals surface area contributed by atoms with Crippen molar-refractivity contribution in [3.8, 4) is 23.1 Å². The van der Waals surface area contributed by atoms with Gasteiger partial charge < -0.3 is 0 Å². The van der Waals surface area contributed by atoms with Gasteiger partial charge in [0, 0.05) is 21.2 Å². The van der Waals surface area contributed by atoms with Crippen LogP contribution in [0.5, 0.6) is 0 Å². The summed E-state index contributed by atoms with van der Waals surface area (Å²) in [4.78, 5) is 18.7. The summed E-state index contributed by atoms with van der Waals surface area (Å²) in [6, 6.07) is 16.6. The zero-order valence-electron chi connectivity index (χ0n) is 13.8. The van der Waals surface area contributed by atoms with Crippen molar-refractivity contribution in [3.05, 3.63) is 75.2 Å². The van der Waals surface area contributed by atoms with Crippen LogP contribution >= 0.6 is 36.0 Å². The van der Waals surface area contributed by atoms with Crippen molar-refractivity contribution in [2.24, 2.45) is 0 Å². The standard InChI is InChI=1S/C19H14ClN3OS2/c1-26-15-8-6-14(7-9-15)23-18(12-2-4-13(20)5-3-12)22-17(11-25)16(10-21)19(23)24/h2-9,25H,11H2,1H3. The van der Waals surface area contributed by atoms with Crippen LogP contribution < -0.4 is 5.56 Å². The minimum Gasteiger partial charge on any atom is -0.267 e. The maximum atomic E-state index is 13.0. The normalized spacial score (nSPS) is 10.5. The van der Waals surface area contributed by atoms with Crippen LogP contribution in [-0.4, -0.2) is 15.8 Å². The molecule has 1 aromatic heterocycles. The van der Waals surface area contributed by atoms with Crippen LogP contribution in [0, 0.1) is 11.3 Å². The summed E-state index contributed by atoms with van der Waals surface area (Å²) in [6.07, 6.45) is 1.98. The zero-order chi connectivity index (χ0) is 18.7. The molecule has 0 spiro atoms. The number of hydrogen-bond donors (Lipinski definition) is 1. The highest BCUT2D eigenvalue weighted by Gasteiger charge is 2.18. The van der Waals surface area contributed by atoms with E-state index < -0.39 is 5.56 Å². The lowest BCUT2D eigenvalue weighted by atomic mass is 10.1. The summed E-state index contributed by atoms with van der Waals surface area (Å²) in [6.45, 7) is 0. The Labute approximate surface area is 165 Å². The summed E-state index contributed by atoms with van der Waals surface area (Å²) >= 11 is 11.8. The number of thiol groups is 1. The fourth-order valence-corrected chi connectivity index (χ4v) is 3.32. The molecule has 2 aromatic carbocycles. The number of thioether (sulfide) groups is 1. The van der Waals surface area contributed by atoms with Crippen LogP contribution in [-0.2, 0) is 5.75 Å². The number of hydrogen-bond acceptors (Lipinski definition) is 5. The van der Waals surface area contributed by atoms with Gasteiger partial charge in [-0.15, -0.1) is 11.8 Å². The van der Waals surface area contributed by atoms with E-state index in [2.05, 4.69) is 17.6 Å². The predicted octanol–water partition coefficient (Wildman–Crippen LogP) is 4.58. The van der Waals surface area contributed by atoms with Crippen molar-refractivity contribution in [1.29, 1.82) is 5.26 Å². The number of nitriles is 1. The Hall–Kier alpha value is -2.20. The molecular formula is C19H14ClN3OS2. The number of halogens is 1. The van der Waals surface area contributed by atoms with Crippen molar-refractivity contribution in [3.63, 3.8) is 0 Å². The van der Waals surface area contributed by atoms with Gasteiger partial charge in [0.25, 0.3) is 5.56 Å². The molecule has 130 valence electrons. The summed E-state index contributed by atoms with van der Waals surface area (Å²) < 4.78 is 1.46. The highest BCUT2D eigenvalue weighted by atomic mass is 35.5. The molecule has 0 saturated heterocycles. The molecule has 0 N–H and O–H groups in total. The second-order valence-electron chi connectivity index (χ2n) is 5.37. The molecule has 26 heavy (non-hydrogen) atoms. The third-order valence-electron chi connectivity index (χ3n) is 3.85. The van der Waals surface area contributed by atoms with Gasteiger partial charge in [0.05, 0.1) is 11.4 Å². The number of rotatable bonds is 4. The summed E-state index contributed by atoms with van der Waals surface area (Å²) in [5, 5.41) is 10.0. The fourth-order valence-electron chi connectivity index (χ4n) is 2.56. The summed E-state index contributed by atoms with van der Waals surface area (Å²) in [5.41, 5.74) is 1.34. The van der Waals surface area contributed by atoms with E-state index in [1.807, 2.05) is 36.6 Å². The van der Waals surface area contributed by atoms with Crippen LogP contribution in [0.25, 0.3) is 17.1 Å². The van der Waals surface area contributed by atoms with Gasteiger partial charge in [0.15, 0.2) is 0 Å². The predicted molar refractivity (Wildman–Crippen MR) is 109 cm³/mol. The van der Waals surface area contributed by atoms with Gasteiger partial charge in [-0.05, 0) is 54.8 Å². The van der Waals surface area contributed by atoms with Gasteiger partial charge in [-0.2, -0.15) is 17.9 Å². The molecular weight excluding hydrogens is 386 g/mol. The van der Waals surface area contributed by atoms with E-state index in [-0.39, 0.29) is 11.3 Å². The molecule has 0 bridgehead atoms. The Morgan fingerprint density at radius 2 is 1.85 bits per heavy atom. The van der Waals surface area contributed by atoms with E-state index in [9.17, 15) is 10.1 Å². The molecule has 0 saturated carbocycles. The first-order chi connectivity index (χ1) is 12.6. The Kier molecular flexibility index (Phi) is 5.72. The first-order valence-electron chi connectivity index (χ1n) is 7.66. The quantitative estimate of drug-likeness (QED) is 0.515. The number of benzene rings is 2. The smallest absolute Gasteiger partial charge is 0.267 e. The van der Waals surface area contributed by atoms with Gasteiger partial charge in [-0.1, -0.05) is 11.6 Å². The van der Waals surface area contributed by atoms with E-state index in [0.717, 1.165) is 10.5 Å². The van der Waals surface area contributed by atoms with E-state index in [1.54, 1.807) is 36.0 Å². The second kappa shape index (κ2) is 8.00. The minimum atomic E-state index is -0.409. The van der Waals surface area contributed by atoms with Crippen LogP contribution in [0.3, 0.4) is 0 Å². The lowest BCUT2D eigenvalue weighted by Crippen LogP contribution is -2.26. The molecule has 0 aliphatic carbocycles. The highest BCUT2D eigenvalue weighted by Crippen LogP contribution is 2.24. The molecule has 0 aliphatic heterocycles. The van der Waals surface area contributed by atoms with Gasteiger partial charge >= 0.3 is 0 Å². The zero-order valence-corrected chi connectivity index (χ0v) is 16.3. The monoisotopic (exact) mass is 399 g/mol. The maximum Gasteiger partial charge on any atom is 0.276 e. The summed E-state index contributed by atoms with van der Waals surface area (Å²) in [7, 11) is 0. The van der Waals surface area contributed by atoms with E-state index in [4.69, 9.17) is 11.6 Å². The van der Waals surface area contributed by atoms with Crippen molar-refractivity contribution in [2.75, 3.05) is 6.26 Å². The Morgan fingerprint density at radius 1 is 1.19 bits per heavy atom. The third-order valence-corrected chi connectivity index (χ3v) is 5.15. The molecule has 0 radical (unpaired) electrons. The third kappa shape index (κ3) is 3.51. The average Bonchev–Trinajstić information content (AvgIpc) is 2.68. The molecule has 4 nitrogen and oxygen atoms in total. The van der Waals surface area contributed by atoms with E-state index >= 15 is 0 Å². The molecule has 0 aliphatic rings. The van der Waals surface area contributed by atoms with E-state index in [0.29, 0.717) is 22.2 Å². The molecule has 0 fully saturated rings. The average molecular weight is 400 g/mol. The molecule has 3 rings (SSSR count).